The summed E-state index contributed by atoms with van der Waals surface area (Å²) >= 11 is 0. The molecule has 0 saturated carbocycles. The highest BCUT2D eigenvalue weighted by Crippen LogP contribution is 2.32. The molecule has 152 valence electrons. The SMILES string of the molecule is O=Cc1cc2c(OC(=O)Oc3noc4c(F)c(F)c(C=O)cc34)noc2c(F)c1F. The zero-order chi connectivity index (χ0) is 21.6. The van der Waals surface area contributed by atoms with Gasteiger partial charge in [0.15, 0.2) is 24.2 Å². The van der Waals surface area contributed by atoms with Crippen molar-refractivity contribution in [3.8, 4) is 11.8 Å². The van der Waals surface area contributed by atoms with Gasteiger partial charge >= 0.3 is 6.16 Å². The molecule has 0 radical (unpaired) electrons. The summed E-state index contributed by atoms with van der Waals surface area (Å²) in [6.45, 7) is 0. The fourth-order valence-electron chi connectivity index (χ4n) is 2.52. The number of aromatic nitrogens is 2. The monoisotopic (exact) mass is 424 g/mol. The van der Waals surface area contributed by atoms with Crippen LogP contribution in [0.3, 0.4) is 0 Å². The van der Waals surface area contributed by atoms with Crippen LogP contribution in [0.25, 0.3) is 21.9 Å². The van der Waals surface area contributed by atoms with E-state index in [9.17, 15) is 31.9 Å². The van der Waals surface area contributed by atoms with Crippen LogP contribution in [-0.4, -0.2) is 29.0 Å². The number of nitrogens with zero attached hydrogens (tertiary/aromatic N) is 2. The molecule has 0 aliphatic carbocycles. The number of fused-ring (bicyclic) bond motifs is 2. The number of carbonyl (C=O) groups excluding carboxylic acids is 3. The van der Waals surface area contributed by atoms with E-state index >= 15 is 0 Å². The van der Waals surface area contributed by atoms with Crippen LogP contribution in [0.15, 0.2) is 21.2 Å². The Morgan fingerprint density at radius 3 is 1.53 bits per heavy atom. The van der Waals surface area contributed by atoms with Gasteiger partial charge in [0, 0.05) is 0 Å². The van der Waals surface area contributed by atoms with Gasteiger partial charge in [-0.2, -0.15) is 8.78 Å². The smallest absolute Gasteiger partial charge is 0.372 e. The Morgan fingerprint density at radius 2 is 1.17 bits per heavy atom. The van der Waals surface area contributed by atoms with E-state index in [0.717, 1.165) is 12.1 Å². The summed E-state index contributed by atoms with van der Waals surface area (Å²) in [4.78, 5) is 33.7. The summed E-state index contributed by atoms with van der Waals surface area (Å²) in [6, 6.07) is 1.64. The number of halogens is 4. The zero-order valence-electron chi connectivity index (χ0n) is 14.1. The molecule has 4 aromatic rings. The van der Waals surface area contributed by atoms with Gasteiger partial charge in [0.2, 0.25) is 22.8 Å². The number of hydrogen-bond acceptors (Lipinski definition) is 9. The van der Waals surface area contributed by atoms with Crippen molar-refractivity contribution in [3.05, 3.63) is 46.5 Å². The topological polar surface area (TPSA) is 122 Å². The molecule has 0 bridgehead atoms. The van der Waals surface area contributed by atoms with Gasteiger partial charge < -0.3 is 18.5 Å². The predicted molar refractivity (Wildman–Crippen MR) is 85.3 cm³/mol. The minimum atomic E-state index is -1.56. The Balaban J connectivity index is 1.66. The zero-order valence-corrected chi connectivity index (χ0v) is 14.1. The molecule has 30 heavy (non-hydrogen) atoms. The number of aldehydes is 2. The Bertz CT molecular complexity index is 1260. The van der Waals surface area contributed by atoms with Gasteiger partial charge in [-0.25, -0.2) is 13.6 Å². The molecule has 0 amide bonds. The molecule has 0 aliphatic rings. The van der Waals surface area contributed by atoms with Crippen molar-refractivity contribution in [2.75, 3.05) is 0 Å². The molecular weight excluding hydrogens is 420 g/mol. The van der Waals surface area contributed by atoms with Gasteiger partial charge in [0.05, 0.1) is 21.9 Å². The number of benzene rings is 2. The standard InChI is InChI=1S/C17H4F4N2O7/c18-9-5(3-24)1-7-13(11(9)20)29-22-15(7)27-17(26)28-16-8-2-6(4-25)10(19)12(21)14(8)30-23-16/h1-4H. The normalized spacial score (nSPS) is 11.1. The minimum absolute atomic E-state index is 0.0206. The number of ether oxygens (including phenoxy) is 2. The van der Waals surface area contributed by atoms with Crippen LogP contribution >= 0.6 is 0 Å². The van der Waals surface area contributed by atoms with Crippen molar-refractivity contribution in [2.45, 2.75) is 0 Å². The maximum atomic E-state index is 13.9. The lowest BCUT2D eigenvalue weighted by molar-refractivity contribution is 0.111. The lowest BCUT2D eigenvalue weighted by Gasteiger charge is -2.02. The van der Waals surface area contributed by atoms with Crippen molar-refractivity contribution >= 4 is 40.7 Å². The van der Waals surface area contributed by atoms with E-state index in [2.05, 4.69) is 19.4 Å². The van der Waals surface area contributed by atoms with E-state index in [4.69, 9.17) is 9.47 Å². The number of hydrogen-bond donors (Lipinski definition) is 0. The quantitative estimate of drug-likeness (QED) is 0.274. The molecule has 13 heteroatoms. The van der Waals surface area contributed by atoms with Gasteiger partial charge in [-0.15, -0.1) is 0 Å². The van der Waals surface area contributed by atoms with Crippen LogP contribution in [-0.2, 0) is 0 Å². The van der Waals surface area contributed by atoms with Crippen LogP contribution < -0.4 is 9.47 Å². The van der Waals surface area contributed by atoms with Crippen LogP contribution in [0.4, 0.5) is 22.4 Å². The van der Waals surface area contributed by atoms with Crippen molar-refractivity contribution in [3.63, 3.8) is 0 Å². The Morgan fingerprint density at radius 1 is 0.767 bits per heavy atom. The summed E-state index contributed by atoms with van der Waals surface area (Å²) in [6.07, 6.45) is -1.52. The Labute approximate surface area is 160 Å². The largest absolute Gasteiger partial charge is 0.522 e. The highest BCUT2D eigenvalue weighted by Gasteiger charge is 2.25. The predicted octanol–water partition coefficient (Wildman–Crippen LogP) is 3.73. The summed E-state index contributed by atoms with van der Waals surface area (Å²) in [7, 11) is 0. The first-order chi connectivity index (χ1) is 14.3. The van der Waals surface area contributed by atoms with Gasteiger partial charge in [0.1, 0.15) is 0 Å². The summed E-state index contributed by atoms with van der Waals surface area (Å²) in [5.41, 5.74) is -2.85. The molecular formula is C17H4F4N2O7. The first-order valence-corrected chi connectivity index (χ1v) is 7.70. The second-order valence-corrected chi connectivity index (χ2v) is 5.61. The van der Waals surface area contributed by atoms with E-state index in [-0.39, 0.29) is 23.3 Å². The molecule has 0 saturated heterocycles. The average Bonchev–Trinajstić information content (AvgIpc) is 3.31. The van der Waals surface area contributed by atoms with Crippen molar-refractivity contribution in [1.29, 1.82) is 0 Å². The molecule has 9 nitrogen and oxygen atoms in total. The third kappa shape index (κ3) is 2.83. The minimum Gasteiger partial charge on any atom is -0.372 e. The third-order valence-electron chi connectivity index (χ3n) is 3.89. The van der Waals surface area contributed by atoms with Crippen molar-refractivity contribution in [2.24, 2.45) is 0 Å². The number of rotatable bonds is 4. The van der Waals surface area contributed by atoms with E-state index in [1.54, 1.807) is 0 Å². The number of carbonyl (C=O) groups is 3. The van der Waals surface area contributed by atoms with Gasteiger partial charge in [-0.05, 0) is 22.4 Å². The van der Waals surface area contributed by atoms with E-state index < -0.39 is 63.5 Å². The summed E-state index contributed by atoms with van der Waals surface area (Å²) < 4.78 is 73.4. The molecule has 0 aliphatic heterocycles. The van der Waals surface area contributed by atoms with Crippen LogP contribution in [0, 0.1) is 23.3 Å². The second kappa shape index (κ2) is 6.95. The van der Waals surface area contributed by atoms with Gasteiger partial charge in [-0.3, -0.25) is 9.59 Å². The molecule has 2 aromatic heterocycles. The molecule has 0 fully saturated rings. The maximum absolute atomic E-state index is 13.9. The van der Waals surface area contributed by atoms with E-state index in [0.29, 0.717) is 0 Å². The molecule has 2 aromatic carbocycles. The summed E-state index contributed by atoms with van der Waals surface area (Å²) in [5, 5.41) is 5.74. The molecule has 0 spiro atoms. The lowest BCUT2D eigenvalue weighted by atomic mass is 10.1. The first kappa shape index (κ1) is 19.0. The Kier molecular flexibility index (Phi) is 4.41. The highest BCUT2D eigenvalue weighted by atomic mass is 19.2. The fourth-order valence-corrected chi connectivity index (χ4v) is 2.52. The third-order valence-corrected chi connectivity index (χ3v) is 3.89. The van der Waals surface area contributed by atoms with E-state index in [1.165, 1.54) is 0 Å². The van der Waals surface area contributed by atoms with Crippen LogP contribution in [0.1, 0.15) is 20.7 Å². The van der Waals surface area contributed by atoms with Gasteiger partial charge in [-0.1, -0.05) is 0 Å². The maximum Gasteiger partial charge on any atom is 0.522 e. The fraction of sp³-hybridized carbons (Fsp3) is 0. The van der Waals surface area contributed by atoms with Crippen molar-refractivity contribution in [1.82, 2.24) is 10.3 Å². The van der Waals surface area contributed by atoms with Gasteiger partial charge in [0.25, 0.3) is 11.8 Å². The highest BCUT2D eigenvalue weighted by molar-refractivity contribution is 5.92. The van der Waals surface area contributed by atoms with Crippen LogP contribution in [0.5, 0.6) is 11.8 Å². The van der Waals surface area contributed by atoms with E-state index in [1.807, 2.05) is 0 Å². The average molecular weight is 424 g/mol. The molecule has 0 unspecified atom stereocenters. The lowest BCUT2D eigenvalue weighted by Crippen LogP contribution is -2.14. The molecule has 4 rings (SSSR count). The molecule has 0 N–H and O–H groups in total. The first-order valence-electron chi connectivity index (χ1n) is 7.70. The van der Waals surface area contributed by atoms with Crippen molar-refractivity contribution < 1.29 is 50.5 Å². The van der Waals surface area contributed by atoms with Crippen LogP contribution in [0.2, 0.25) is 0 Å². The molecule has 0 atom stereocenters. The summed E-state index contributed by atoms with van der Waals surface area (Å²) in [5.74, 6) is -7.42. The Hall–Kier alpha value is -4.29. The second-order valence-electron chi connectivity index (χ2n) is 5.61. The molecule has 2 heterocycles.